The molecule has 0 fully saturated rings. The van der Waals surface area contributed by atoms with Crippen LogP contribution in [0, 0.1) is 0 Å². The maximum absolute atomic E-state index is 14.1. The molecule has 0 saturated carbocycles. The summed E-state index contributed by atoms with van der Waals surface area (Å²) in [6.45, 7) is 10.0. The van der Waals surface area contributed by atoms with Crippen molar-refractivity contribution < 1.29 is 28.7 Å². The molecule has 1 N–H and O–H groups in total. The van der Waals surface area contributed by atoms with Gasteiger partial charge in [0.15, 0.2) is 0 Å². The molecule has 0 heterocycles. The second kappa shape index (κ2) is 51.2. The van der Waals surface area contributed by atoms with Gasteiger partial charge in [-0.25, -0.2) is 0 Å². The molecule has 0 bridgehead atoms. The number of amides is 2. The van der Waals surface area contributed by atoms with Gasteiger partial charge in [-0.2, -0.15) is 0 Å². The molecule has 0 aliphatic rings. The molecule has 0 saturated heterocycles. The van der Waals surface area contributed by atoms with E-state index >= 15 is 0 Å². The monoisotopic (exact) mass is 987 g/mol. The Kier molecular flexibility index (Phi) is 49.2. The molecule has 0 aromatic rings. The molecule has 0 spiro atoms. The third-order valence-electron chi connectivity index (χ3n) is 13.4. The van der Waals surface area contributed by atoms with Gasteiger partial charge >= 0.3 is 11.9 Å². The number of rotatable bonds is 52. The molecule has 0 aliphatic carbocycles. The first-order chi connectivity index (χ1) is 34.0. The van der Waals surface area contributed by atoms with Crippen molar-refractivity contribution in [1.29, 1.82) is 0 Å². The smallest absolute Gasteiger partial charge is 0.306 e. The topological polar surface area (TPSA) is 108 Å². The minimum Gasteiger partial charge on any atom is -0.466 e. The summed E-state index contributed by atoms with van der Waals surface area (Å²) in [5.41, 5.74) is 0. The van der Waals surface area contributed by atoms with Gasteiger partial charge in [0, 0.05) is 32.4 Å². The highest BCUT2D eigenvalue weighted by molar-refractivity contribution is 5.87. The van der Waals surface area contributed by atoms with Gasteiger partial charge in [0.25, 0.3) is 0 Å². The Bertz CT molecular complexity index is 1260. The minimum atomic E-state index is -0.563. The number of carbonyl (C=O) groups is 4. The predicted octanol–water partition coefficient (Wildman–Crippen LogP) is 14.9. The van der Waals surface area contributed by atoms with E-state index in [1.54, 1.807) is 0 Å². The number of esters is 2. The van der Waals surface area contributed by atoms with Crippen LogP contribution in [-0.2, 0) is 28.7 Å². The first kappa shape index (κ1) is 67.3. The number of ether oxygens (including phenoxy) is 2. The molecule has 2 amide bonds. The summed E-state index contributed by atoms with van der Waals surface area (Å²) in [4.78, 5) is 59.8. The molecule has 0 aliphatic heterocycles. The van der Waals surface area contributed by atoms with Crippen LogP contribution in [0.4, 0.5) is 0 Å². The third kappa shape index (κ3) is 45.2. The van der Waals surface area contributed by atoms with E-state index in [2.05, 4.69) is 74.3 Å². The molecule has 0 aromatic carbocycles. The number of carbonyl (C=O) groups excluding carboxylic acids is 4. The zero-order chi connectivity index (χ0) is 51.6. The van der Waals surface area contributed by atoms with Crippen LogP contribution >= 0.6 is 0 Å². The van der Waals surface area contributed by atoms with Gasteiger partial charge in [0.1, 0.15) is 12.1 Å². The summed E-state index contributed by atoms with van der Waals surface area (Å²) >= 11 is 0. The largest absolute Gasteiger partial charge is 0.466 e. The lowest BCUT2D eigenvalue weighted by Gasteiger charge is -2.32. The van der Waals surface area contributed by atoms with E-state index in [1.165, 1.54) is 103 Å². The van der Waals surface area contributed by atoms with Crippen LogP contribution < -0.4 is 5.32 Å². The van der Waals surface area contributed by atoms with Crippen molar-refractivity contribution in [3.8, 4) is 0 Å². The maximum Gasteiger partial charge on any atom is 0.306 e. The third-order valence-corrected chi connectivity index (χ3v) is 13.4. The van der Waals surface area contributed by atoms with Gasteiger partial charge in [-0.05, 0) is 157 Å². The van der Waals surface area contributed by atoms with Crippen LogP contribution in [0.25, 0.3) is 0 Å². The highest BCUT2D eigenvalue weighted by Gasteiger charge is 2.29. The Morgan fingerprint density at radius 1 is 0.457 bits per heavy atom. The number of nitrogens with zero attached hydrogens (tertiary/aromatic N) is 3. The molecular formula is C60H114N4O6. The van der Waals surface area contributed by atoms with Gasteiger partial charge in [-0.3, -0.25) is 19.2 Å². The summed E-state index contributed by atoms with van der Waals surface area (Å²) in [6, 6.07) is -0.563. The van der Waals surface area contributed by atoms with E-state index < -0.39 is 6.04 Å². The number of hydrogen-bond acceptors (Lipinski definition) is 8. The Morgan fingerprint density at radius 3 is 1.56 bits per heavy atom. The molecule has 0 rings (SSSR count). The molecule has 10 heteroatoms. The molecule has 1 atom stereocenters. The maximum atomic E-state index is 14.1. The lowest BCUT2D eigenvalue weighted by Crippen LogP contribution is -2.50. The molecule has 0 aromatic heterocycles. The van der Waals surface area contributed by atoms with E-state index in [4.69, 9.17) is 9.47 Å². The van der Waals surface area contributed by atoms with Crippen molar-refractivity contribution in [3.05, 3.63) is 24.3 Å². The first-order valence-corrected chi connectivity index (χ1v) is 29.6. The molecule has 1 unspecified atom stereocenters. The normalized spacial score (nSPS) is 12.3. The quantitative estimate of drug-likeness (QED) is 0.0365. The van der Waals surface area contributed by atoms with Gasteiger partial charge < -0.3 is 29.5 Å². The van der Waals surface area contributed by atoms with Crippen molar-refractivity contribution in [2.24, 2.45) is 0 Å². The minimum absolute atomic E-state index is 0.0151. The van der Waals surface area contributed by atoms with Crippen LogP contribution in [0.5, 0.6) is 0 Å². The Hall–Kier alpha value is -2.72. The fraction of sp³-hybridized carbons (Fsp3) is 0.867. The van der Waals surface area contributed by atoms with Crippen LogP contribution in [0.15, 0.2) is 24.3 Å². The van der Waals surface area contributed by atoms with E-state index in [0.29, 0.717) is 58.2 Å². The van der Waals surface area contributed by atoms with Crippen molar-refractivity contribution in [2.45, 2.75) is 277 Å². The number of allylic oxidation sites excluding steroid dienone is 4. The van der Waals surface area contributed by atoms with Gasteiger partial charge in [-0.15, -0.1) is 0 Å². The standard InChI is InChI=1S/C60H114N4O6/c1-8-11-14-17-20-21-22-23-24-25-26-27-28-31-37-48-58(66)69-54-42-32-36-46-56(60(68)61-50-40-33-41-51-62(4)5)64(53-43-52-63(6)7)57(65)47-38-39-49-59(67)70-55(44-34-29-18-15-12-9-2)45-35-30-19-16-13-10-3/h20-21,23-24,55-56H,8-19,22,25-54H2,1-7H3,(H,61,68)/b21-20-,24-23-. The van der Waals surface area contributed by atoms with Crippen molar-refractivity contribution in [3.63, 3.8) is 0 Å². The van der Waals surface area contributed by atoms with Gasteiger partial charge in [-0.1, -0.05) is 154 Å². The zero-order valence-electron chi connectivity index (χ0n) is 47.2. The summed E-state index contributed by atoms with van der Waals surface area (Å²) in [6.07, 6.45) is 47.3. The van der Waals surface area contributed by atoms with Crippen molar-refractivity contribution in [2.75, 3.05) is 61.0 Å². The van der Waals surface area contributed by atoms with E-state index in [9.17, 15) is 19.2 Å². The van der Waals surface area contributed by atoms with E-state index in [0.717, 1.165) is 116 Å². The van der Waals surface area contributed by atoms with Crippen LogP contribution in [-0.4, -0.2) is 112 Å². The summed E-state index contributed by atoms with van der Waals surface area (Å²) in [5.74, 6) is -0.377. The van der Waals surface area contributed by atoms with E-state index in [-0.39, 0.29) is 29.9 Å². The molecular weight excluding hydrogens is 873 g/mol. The molecule has 70 heavy (non-hydrogen) atoms. The highest BCUT2D eigenvalue weighted by Crippen LogP contribution is 2.20. The average molecular weight is 988 g/mol. The Morgan fingerprint density at radius 2 is 0.929 bits per heavy atom. The number of unbranched alkanes of at least 4 members (excludes halogenated alkanes) is 23. The van der Waals surface area contributed by atoms with Crippen LogP contribution in [0.1, 0.15) is 265 Å². The lowest BCUT2D eigenvalue weighted by molar-refractivity contribution is -0.150. The summed E-state index contributed by atoms with van der Waals surface area (Å²) < 4.78 is 11.7. The SMILES string of the molecule is CCCCC/C=C\C/C=C\CCCCCCCC(=O)OCCCCCC(C(=O)NCCCCCN(C)C)N(CCCN(C)C)C(=O)CCCCC(=O)OC(CCCCCCCC)CCCCCCCC. The zero-order valence-corrected chi connectivity index (χ0v) is 47.2. The second-order valence-electron chi connectivity index (χ2n) is 20.9. The Labute approximate surface area is 433 Å². The molecule has 410 valence electrons. The fourth-order valence-electron chi connectivity index (χ4n) is 8.96. The van der Waals surface area contributed by atoms with Gasteiger partial charge in [0.05, 0.1) is 6.61 Å². The highest BCUT2D eigenvalue weighted by atomic mass is 16.5. The second-order valence-corrected chi connectivity index (χ2v) is 20.9. The first-order valence-electron chi connectivity index (χ1n) is 29.6. The summed E-state index contributed by atoms with van der Waals surface area (Å²) in [5, 5.41) is 3.19. The van der Waals surface area contributed by atoms with Crippen LogP contribution in [0.3, 0.4) is 0 Å². The Balaban J connectivity index is 5.17. The van der Waals surface area contributed by atoms with Gasteiger partial charge in [0.2, 0.25) is 11.8 Å². The number of hydrogen-bond donors (Lipinski definition) is 1. The van der Waals surface area contributed by atoms with E-state index in [1.807, 2.05) is 19.0 Å². The van der Waals surface area contributed by atoms with Crippen LogP contribution in [0.2, 0.25) is 0 Å². The summed E-state index contributed by atoms with van der Waals surface area (Å²) in [7, 11) is 8.21. The van der Waals surface area contributed by atoms with Crippen molar-refractivity contribution >= 4 is 23.8 Å². The average Bonchev–Trinajstić information content (AvgIpc) is 3.33. The lowest BCUT2D eigenvalue weighted by atomic mass is 10.0. The fourth-order valence-corrected chi connectivity index (χ4v) is 8.96. The molecule has 0 radical (unpaired) electrons. The van der Waals surface area contributed by atoms with Crippen molar-refractivity contribution in [1.82, 2.24) is 20.0 Å². The molecule has 10 nitrogen and oxygen atoms in total. The number of nitrogens with one attached hydrogen (secondary N) is 1. The predicted molar refractivity (Wildman–Crippen MR) is 297 cm³/mol.